The molecule has 30 heavy (non-hydrogen) atoms. The predicted octanol–water partition coefficient (Wildman–Crippen LogP) is 3.65. The van der Waals surface area contributed by atoms with Crippen LogP contribution in [0.25, 0.3) is 5.69 Å². The molecule has 8 heteroatoms. The number of para-hydroxylation sites is 1. The van der Waals surface area contributed by atoms with Crippen molar-refractivity contribution in [1.82, 2.24) is 20.3 Å². The molecule has 1 N–H and O–H groups in total. The largest absolute Gasteiger partial charge is 0.457 e. The minimum atomic E-state index is -0.583. The smallest absolute Gasteiger partial charge is 0.407 e. The van der Waals surface area contributed by atoms with E-state index in [9.17, 15) is 9.59 Å². The SMILES string of the molecule is CC(C)(C)OC(=O)NCc1cn(-c2ccccc2C(=O)OCc2ccccc2)nn1. The van der Waals surface area contributed by atoms with Gasteiger partial charge in [-0.25, -0.2) is 14.3 Å². The van der Waals surface area contributed by atoms with E-state index in [0.717, 1.165) is 5.56 Å². The van der Waals surface area contributed by atoms with E-state index in [1.165, 1.54) is 4.68 Å². The second-order valence-electron chi connectivity index (χ2n) is 7.59. The summed E-state index contributed by atoms with van der Waals surface area (Å²) in [5.41, 5.74) is 1.74. The van der Waals surface area contributed by atoms with Crippen molar-refractivity contribution in [3.8, 4) is 5.69 Å². The third kappa shape index (κ3) is 5.91. The van der Waals surface area contributed by atoms with Crippen LogP contribution >= 0.6 is 0 Å². The molecule has 0 unspecified atom stereocenters. The molecule has 0 aliphatic rings. The molecule has 0 saturated heterocycles. The normalized spacial score (nSPS) is 11.0. The minimum absolute atomic E-state index is 0.148. The molecule has 3 aromatic rings. The van der Waals surface area contributed by atoms with E-state index < -0.39 is 17.7 Å². The third-order valence-corrected chi connectivity index (χ3v) is 3.94. The van der Waals surface area contributed by atoms with Crippen LogP contribution in [0.3, 0.4) is 0 Å². The van der Waals surface area contributed by atoms with Gasteiger partial charge in [0.05, 0.1) is 24.0 Å². The summed E-state index contributed by atoms with van der Waals surface area (Å²) in [5, 5.41) is 10.7. The highest BCUT2D eigenvalue weighted by Crippen LogP contribution is 2.16. The number of carbonyl (C=O) groups excluding carboxylic acids is 2. The van der Waals surface area contributed by atoms with E-state index in [2.05, 4.69) is 15.6 Å². The maximum Gasteiger partial charge on any atom is 0.407 e. The van der Waals surface area contributed by atoms with Crippen LogP contribution in [-0.4, -0.2) is 32.7 Å². The van der Waals surface area contributed by atoms with Gasteiger partial charge in [-0.2, -0.15) is 0 Å². The Morgan fingerprint density at radius 1 is 1.03 bits per heavy atom. The molecular formula is C22H24N4O4. The quantitative estimate of drug-likeness (QED) is 0.626. The summed E-state index contributed by atoms with van der Waals surface area (Å²) in [6.45, 7) is 5.69. The molecule has 3 rings (SSSR count). The summed E-state index contributed by atoms with van der Waals surface area (Å²) in [5.74, 6) is -0.460. The number of ether oxygens (including phenoxy) is 2. The molecule has 0 aliphatic heterocycles. The zero-order valence-electron chi connectivity index (χ0n) is 17.2. The number of hydrogen-bond acceptors (Lipinski definition) is 6. The molecule has 0 spiro atoms. The van der Waals surface area contributed by atoms with E-state index in [1.54, 1.807) is 51.2 Å². The zero-order valence-corrected chi connectivity index (χ0v) is 17.2. The Balaban J connectivity index is 1.67. The number of rotatable bonds is 6. The van der Waals surface area contributed by atoms with Crippen molar-refractivity contribution in [1.29, 1.82) is 0 Å². The zero-order chi connectivity index (χ0) is 21.6. The topological polar surface area (TPSA) is 95.3 Å². The molecular weight excluding hydrogens is 384 g/mol. The number of benzene rings is 2. The molecule has 1 heterocycles. The van der Waals surface area contributed by atoms with E-state index in [-0.39, 0.29) is 13.2 Å². The maximum atomic E-state index is 12.6. The van der Waals surface area contributed by atoms with E-state index in [1.807, 2.05) is 30.3 Å². The maximum absolute atomic E-state index is 12.6. The lowest BCUT2D eigenvalue weighted by Crippen LogP contribution is -2.32. The van der Waals surface area contributed by atoms with Crippen molar-refractivity contribution in [2.75, 3.05) is 0 Å². The first-order chi connectivity index (χ1) is 14.3. The van der Waals surface area contributed by atoms with Gasteiger partial charge in [-0.15, -0.1) is 5.10 Å². The first kappa shape index (κ1) is 21.0. The van der Waals surface area contributed by atoms with Gasteiger partial charge in [0.25, 0.3) is 0 Å². The standard InChI is InChI=1S/C22H24N4O4/c1-22(2,3)30-21(28)23-13-17-14-26(25-24-17)19-12-8-7-11-18(19)20(27)29-15-16-9-5-4-6-10-16/h4-12,14H,13,15H2,1-3H3,(H,23,28). The van der Waals surface area contributed by atoms with Crippen molar-refractivity contribution in [2.45, 2.75) is 39.5 Å². The monoisotopic (exact) mass is 408 g/mol. The van der Waals surface area contributed by atoms with Crippen LogP contribution < -0.4 is 5.32 Å². The van der Waals surface area contributed by atoms with Gasteiger partial charge in [0.1, 0.15) is 17.9 Å². The molecule has 2 aromatic carbocycles. The number of hydrogen-bond donors (Lipinski definition) is 1. The van der Waals surface area contributed by atoms with Gasteiger partial charge in [0.15, 0.2) is 0 Å². The third-order valence-electron chi connectivity index (χ3n) is 3.94. The predicted molar refractivity (Wildman–Crippen MR) is 110 cm³/mol. The highest BCUT2D eigenvalue weighted by atomic mass is 16.6. The minimum Gasteiger partial charge on any atom is -0.457 e. The number of nitrogens with one attached hydrogen (secondary N) is 1. The molecule has 0 atom stereocenters. The molecule has 8 nitrogen and oxygen atoms in total. The van der Waals surface area contributed by atoms with Gasteiger partial charge in [-0.05, 0) is 38.5 Å². The molecule has 0 fully saturated rings. The average molecular weight is 408 g/mol. The number of carbonyl (C=O) groups is 2. The van der Waals surface area contributed by atoms with Crippen molar-refractivity contribution in [3.63, 3.8) is 0 Å². The fourth-order valence-corrected chi connectivity index (χ4v) is 2.62. The Morgan fingerprint density at radius 2 is 1.73 bits per heavy atom. The van der Waals surface area contributed by atoms with Gasteiger partial charge in [0, 0.05) is 0 Å². The van der Waals surface area contributed by atoms with Crippen molar-refractivity contribution in [2.24, 2.45) is 0 Å². The van der Waals surface area contributed by atoms with Crippen LogP contribution in [0.5, 0.6) is 0 Å². The molecule has 156 valence electrons. The van der Waals surface area contributed by atoms with Crippen molar-refractivity contribution >= 4 is 12.1 Å². The number of nitrogens with zero attached hydrogens (tertiary/aromatic N) is 3. The van der Waals surface area contributed by atoms with Crippen LogP contribution in [0, 0.1) is 0 Å². The molecule has 0 aliphatic carbocycles. The van der Waals surface area contributed by atoms with Gasteiger partial charge in [-0.1, -0.05) is 47.7 Å². The van der Waals surface area contributed by atoms with E-state index >= 15 is 0 Å². The van der Waals surface area contributed by atoms with Gasteiger partial charge in [0.2, 0.25) is 0 Å². The van der Waals surface area contributed by atoms with Crippen LogP contribution in [0.4, 0.5) is 4.79 Å². The average Bonchev–Trinajstić information content (AvgIpc) is 3.19. The summed E-state index contributed by atoms with van der Waals surface area (Å²) in [4.78, 5) is 24.4. The fourth-order valence-electron chi connectivity index (χ4n) is 2.62. The Hall–Kier alpha value is -3.68. The molecule has 0 radical (unpaired) electrons. The number of esters is 1. The number of alkyl carbamates (subject to hydrolysis) is 1. The van der Waals surface area contributed by atoms with Gasteiger partial charge >= 0.3 is 12.1 Å². The Kier molecular flexibility index (Phi) is 6.46. The lowest BCUT2D eigenvalue weighted by atomic mass is 10.2. The van der Waals surface area contributed by atoms with Crippen LogP contribution in [0.2, 0.25) is 0 Å². The van der Waals surface area contributed by atoms with E-state index in [0.29, 0.717) is 16.9 Å². The molecule has 1 amide bonds. The number of aromatic nitrogens is 3. The van der Waals surface area contributed by atoms with E-state index in [4.69, 9.17) is 9.47 Å². The second kappa shape index (κ2) is 9.21. The Bertz CT molecular complexity index is 1010. The molecule has 1 aromatic heterocycles. The lowest BCUT2D eigenvalue weighted by Gasteiger charge is -2.19. The molecule has 0 saturated carbocycles. The summed E-state index contributed by atoms with van der Waals surface area (Å²) in [6.07, 6.45) is 1.10. The van der Waals surface area contributed by atoms with Crippen LogP contribution in [0.15, 0.2) is 60.8 Å². The number of amides is 1. The van der Waals surface area contributed by atoms with Crippen LogP contribution in [-0.2, 0) is 22.6 Å². The van der Waals surface area contributed by atoms with Gasteiger partial charge in [-0.3, -0.25) is 0 Å². The first-order valence-corrected chi connectivity index (χ1v) is 9.50. The van der Waals surface area contributed by atoms with Gasteiger partial charge < -0.3 is 14.8 Å². The lowest BCUT2D eigenvalue weighted by molar-refractivity contribution is 0.0470. The first-order valence-electron chi connectivity index (χ1n) is 9.50. The highest BCUT2D eigenvalue weighted by molar-refractivity contribution is 5.93. The molecule has 0 bridgehead atoms. The summed E-state index contributed by atoms with van der Waals surface area (Å²) >= 11 is 0. The Morgan fingerprint density at radius 3 is 2.47 bits per heavy atom. The summed E-state index contributed by atoms with van der Waals surface area (Å²) < 4.78 is 12.1. The Labute approximate surface area is 174 Å². The summed E-state index contributed by atoms with van der Waals surface area (Å²) in [6, 6.07) is 16.4. The second-order valence-corrected chi connectivity index (χ2v) is 7.59. The fraction of sp³-hybridized carbons (Fsp3) is 0.273. The highest BCUT2D eigenvalue weighted by Gasteiger charge is 2.18. The summed E-state index contributed by atoms with van der Waals surface area (Å²) in [7, 11) is 0. The van der Waals surface area contributed by atoms with Crippen molar-refractivity contribution < 1.29 is 19.1 Å². The van der Waals surface area contributed by atoms with Crippen LogP contribution in [0.1, 0.15) is 42.4 Å². The van der Waals surface area contributed by atoms with Crippen molar-refractivity contribution in [3.05, 3.63) is 77.6 Å².